The van der Waals surface area contributed by atoms with Gasteiger partial charge in [0.05, 0.1) is 12.5 Å². The van der Waals surface area contributed by atoms with Crippen molar-refractivity contribution in [3.63, 3.8) is 0 Å². The Labute approximate surface area is 95.8 Å². The van der Waals surface area contributed by atoms with Gasteiger partial charge in [0.1, 0.15) is 0 Å². The Morgan fingerprint density at radius 1 is 1.56 bits per heavy atom. The topological polar surface area (TPSA) is 46.5 Å². The molecule has 1 heterocycles. The predicted octanol–water partition coefficient (Wildman–Crippen LogP) is 2.29. The number of carboxylic acid groups (broad SMARTS) is 1. The van der Waals surface area contributed by atoms with Gasteiger partial charge in [-0.1, -0.05) is 11.6 Å². The lowest BCUT2D eigenvalue weighted by Gasteiger charge is -2.17. The number of hydrogen-bond donors (Lipinski definition) is 1. The van der Waals surface area contributed by atoms with Crippen LogP contribution in [-0.4, -0.2) is 17.7 Å². The van der Waals surface area contributed by atoms with E-state index in [1.165, 1.54) is 12.1 Å². The zero-order chi connectivity index (χ0) is 11.4. The molecule has 16 heavy (non-hydrogen) atoms. The average molecular weight is 243 g/mol. The number of rotatable bonds is 1. The van der Waals surface area contributed by atoms with Crippen molar-refractivity contribution in [2.24, 2.45) is 11.8 Å². The minimum absolute atomic E-state index is 0.0655. The first-order valence-electron chi connectivity index (χ1n) is 4.94. The van der Waals surface area contributed by atoms with Crippen molar-refractivity contribution in [3.8, 4) is 5.75 Å². The first-order chi connectivity index (χ1) is 7.61. The Kier molecular flexibility index (Phi) is 1.92. The molecule has 0 amide bonds. The van der Waals surface area contributed by atoms with Crippen molar-refractivity contribution in [1.82, 2.24) is 0 Å². The van der Waals surface area contributed by atoms with Crippen LogP contribution in [0.3, 0.4) is 0 Å². The molecule has 3 atom stereocenters. The maximum atomic E-state index is 13.4. The van der Waals surface area contributed by atoms with Crippen LogP contribution >= 0.6 is 11.6 Å². The maximum Gasteiger partial charge on any atom is 0.307 e. The molecule has 1 aromatic rings. The van der Waals surface area contributed by atoms with Crippen LogP contribution in [0.4, 0.5) is 4.39 Å². The predicted molar refractivity (Wildman–Crippen MR) is 54.3 cm³/mol. The Hall–Kier alpha value is -1.29. The third kappa shape index (κ3) is 1.16. The normalized spacial score (nSPS) is 30.0. The number of ether oxygens (including phenoxy) is 1. The number of halogens is 2. The number of carbonyl (C=O) groups is 1. The van der Waals surface area contributed by atoms with Gasteiger partial charge in [-0.15, -0.1) is 0 Å². The van der Waals surface area contributed by atoms with Gasteiger partial charge in [0.15, 0.2) is 11.6 Å². The van der Waals surface area contributed by atoms with Gasteiger partial charge in [-0.25, -0.2) is 4.39 Å². The number of aliphatic carboxylic acids is 1. The molecule has 0 radical (unpaired) electrons. The van der Waals surface area contributed by atoms with Gasteiger partial charge in [0.25, 0.3) is 0 Å². The van der Waals surface area contributed by atoms with Gasteiger partial charge in [-0.2, -0.15) is 0 Å². The summed E-state index contributed by atoms with van der Waals surface area (Å²) in [6.07, 6.45) is 0. The molecule has 0 saturated heterocycles. The molecule has 84 valence electrons. The lowest BCUT2D eigenvalue weighted by molar-refractivity contribution is -0.139. The molecule has 2 aliphatic rings. The fourth-order valence-electron chi connectivity index (χ4n) is 2.50. The summed E-state index contributed by atoms with van der Waals surface area (Å²) in [5, 5.41) is 9.36. The molecule has 1 fully saturated rings. The Balaban J connectivity index is 2.10. The molecule has 1 aliphatic heterocycles. The second kappa shape index (κ2) is 3.10. The highest BCUT2D eigenvalue weighted by molar-refractivity contribution is 6.31. The van der Waals surface area contributed by atoms with Crippen LogP contribution < -0.4 is 4.74 Å². The number of carboxylic acids is 1. The molecule has 3 nitrogen and oxygen atoms in total. The van der Waals surface area contributed by atoms with Gasteiger partial charge in [0, 0.05) is 22.4 Å². The van der Waals surface area contributed by atoms with E-state index < -0.39 is 17.7 Å². The zero-order valence-electron chi connectivity index (χ0n) is 8.11. The molecular formula is C11H8ClFO3. The second-order valence-corrected chi connectivity index (χ2v) is 4.54. The molecule has 1 saturated carbocycles. The summed E-state index contributed by atoms with van der Waals surface area (Å²) in [4.78, 5) is 10.9. The van der Waals surface area contributed by atoms with Crippen LogP contribution in [0.15, 0.2) is 12.1 Å². The summed E-state index contributed by atoms with van der Waals surface area (Å²) < 4.78 is 18.7. The highest BCUT2D eigenvalue weighted by Crippen LogP contribution is 2.61. The first-order valence-corrected chi connectivity index (χ1v) is 5.32. The van der Waals surface area contributed by atoms with E-state index in [0.717, 1.165) is 0 Å². The van der Waals surface area contributed by atoms with Gasteiger partial charge >= 0.3 is 5.97 Å². The number of benzene rings is 1. The molecule has 5 heteroatoms. The molecule has 1 aromatic carbocycles. The summed E-state index contributed by atoms with van der Waals surface area (Å²) in [6, 6.07) is 2.68. The minimum Gasteiger partial charge on any atom is -0.490 e. The van der Waals surface area contributed by atoms with Crippen LogP contribution in [0.2, 0.25) is 5.02 Å². The first kappa shape index (κ1) is 9.90. The van der Waals surface area contributed by atoms with E-state index in [0.29, 0.717) is 10.6 Å². The summed E-state index contributed by atoms with van der Waals surface area (Å²) in [5.41, 5.74) is 0.519. The molecular weight excluding hydrogens is 235 g/mol. The van der Waals surface area contributed by atoms with Crippen molar-refractivity contribution in [2.45, 2.75) is 5.92 Å². The third-order valence-corrected chi connectivity index (χ3v) is 3.63. The standard InChI is InChI=1S/C11H8ClFO3/c12-5-1-2-6(13)10-9(5)7-4(3-16-10)8(7)11(14)15/h1-2,4,7-8H,3H2,(H,14,15)/t4?,7?,8-/m1/s1. The molecule has 0 bridgehead atoms. The number of fused-ring (bicyclic) bond motifs is 3. The third-order valence-electron chi connectivity index (χ3n) is 3.30. The average Bonchev–Trinajstić information content (AvgIpc) is 2.97. The Bertz CT molecular complexity index is 488. The molecule has 2 unspecified atom stereocenters. The highest BCUT2D eigenvalue weighted by atomic mass is 35.5. The lowest BCUT2D eigenvalue weighted by Crippen LogP contribution is -2.10. The van der Waals surface area contributed by atoms with E-state index >= 15 is 0 Å². The van der Waals surface area contributed by atoms with Crippen LogP contribution in [-0.2, 0) is 4.79 Å². The SMILES string of the molecule is O=C(O)[C@@H]1C2COc3c(F)ccc(Cl)c3C21. The van der Waals surface area contributed by atoms with Crippen LogP contribution in [0, 0.1) is 17.7 Å². The maximum absolute atomic E-state index is 13.4. The van der Waals surface area contributed by atoms with Gasteiger partial charge in [0.2, 0.25) is 0 Å². The largest absolute Gasteiger partial charge is 0.490 e. The van der Waals surface area contributed by atoms with Gasteiger partial charge in [-0.05, 0) is 12.1 Å². The summed E-state index contributed by atoms with van der Waals surface area (Å²) in [6.45, 7) is 0.256. The van der Waals surface area contributed by atoms with E-state index in [9.17, 15) is 9.18 Å². The van der Waals surface area contributed by atoms with E-state index in [4.69, 9.17) is 21.4 Å². The quantitative estimate of drug-likeness (QED) is 0.822. The molecule has 1 aliphatic carbocycles. The summed E-state index contributed by atoms with van der Waals surface area (Å²) in [5.74, 6) is -1.97. The fraction of sp³-hybridized carbons (Fsp3) is 0.364. The van der Waals surface area contributed by atoms with Crippen molar-refractivity contribution in [2.75, 3.05) is 6.61 Å². The van der Waals surface area contributed by atoms with Crippen molar-refractivity contribution in [3.05, 3.63) is 28.5 Å². The lowest BCUT2D eigenvalue weighted by atomic mass is 10.0. The monoisotopic (exact) mass is 242 g/mol. The van der Waals surface area contributed by atoms with E-state index in [2.05, 4.69) is 0 Å². The molecule has 1 N–H and O–H groups in total. The summed E-state index contributed by atoms with van der Waals surface area (Å²) >= 11 is 5.97. The van der Waals surface area contributed by atoms with Crippen LogP contribution in [0.25, 0.3) is 0 Å². The van der Waals surface area contributed by atoms with Gasteiger partial charge in [-0.3, -0.25) is 4.79 Å². The fourth-order valence-corrected chi connectivity index (χ4v) is 2.77. The van der Waals surface area contributed by atoms with Crippen molar-refractivity contribution >= 4 is 17.6 Å². The number of hydrogen-bond acceptors (Lipinski definition) is 2. The minimum atomic E-state index is -0.869. The Morgan fingerprint density at radius 3 is 3.00 bits per heavy atom. The summed E-state index contributed by atoms with van der Waals surface area (Å²) in [7, 11) is 0. The van der Waals surface area contributed by atoms with Crippen molar-refractivity contribution in [1.29, 1.82) is 0 Å². The molecule has 3 rings (SSSR count). The molecule has 0 spiro atoms. The van der Waals surface area contributed by atoms with Crippen LogP contribution in [0.1, 0.15) is 11.5 Å². The van der Waals surface area contributed by atoms with E-state index in [-0.39, 0.29) is 24.2 Å². The van der Waals surface area contributed by atoms with Gasteiger partial charge < -0.3 is 9.84 Å². The van der Waals surface area contributed by atoms with Crippen molar-refractivity contribution < 1.29 is 19.0 Å². The molecule has 0 aromatic heterocycles. The highest BCUT2D eigenvalue weighted by Gasteiger charge is 2.60. The van der Waals surface area contributed by atoms with E-state index in [1.807, 2.05) is 0 Å². The second-order valence-electron chi connectivity index (χ2n) is 4.14. The zero-order valence-corrected chi connectivity index (χ0v) is 8.87. The van der Waals surface area contributed by atoms with E-state index in [1.54, 1.807) is 0 Å². The smallest absolute Gasteiger partial charge is 0.307 e. The van der Waals surface area contributed by atoms with Crippen LogP contribution in [0.5, 0.6) is 5.75 Å². The Morgan fingerprint density at radius 2 is 2.31 bits per heavy atom.